The van der Waals surface area contributed by atoms with Gasteiger partial charge in [-0.25, -0.2) is 4.79 Å². The van der Waals surface area contributed by atoms with Gasteiger partial charge in [0, 0.05) is 73.5 Å². The van der Waals surface area contributed by atoms with E-state index in [0.717, 1.165) is 28.9 Å². The molecule has 22 heteroatoms. The van der Waals surface area contributed by atoms with Crippen molar-refractivity contribution in [2.75, 3.05) is 76.9 Å². The lowest BCUT2D eigenvalue weighted by molar-refractivity contribution is -0.135. The van der Waals surface area contributed by atoms with Crippen LogP contribution in [0.1, 0.15) is 82.7 Å². The van der Waals surface area contributed by atoms with Gasteiger partial charge in [0.05, 0.1) is 41.5 Å². The molecule has 0 saturated carbocycles. The van der Waals surface area contributed by atoms with Gasteiger partial charge in [0.1, 0.15) is 24.7 Å². The Morgan fingerprint density at radius 2 is 0.959 bits per heavy atom. The number of ether oxygens (including phenoxy) is 4. The number of aliphatic carboxylic acids is 1. The molecule has 0 saturated heterocycles. The molecule has 0 spiro atoms. The molecule has 0 aromatic heterocycles. The van der Waals surface area contributed by atoms with Crippen LogP contribution in [0.5, 0.6) is 17.2 Å². The number of rotatable bonds is 23. The van der Waals surface area contributed by atoms with Crippen LogP contribution in [0.4, 0.5) is 45.5 Å². The average molecular weight is 1380 g/mol. The lowest BCUT2D eigenvalue weighted by atomic mass is 10.1. The summed E-state index contributed by atoms with van der Waals surface area (Å²) in [6, 6.07) is 68.8. The number of carboxylic acid groups (broad SMARTS) is 1. The number of carbonyl (C=O) groups excluding carboxylic acids is 5. The Hall–Kier alpha value is -11.5. The number of carboxylic acids is 1. The van der Waals surface area contributed by atoms with Crippen LogP contribution in [-0.4, -0.2) is 73.8 Å². The normalized spacial score (nSPS) is 10.3. The highest BCUT2D eigenvalue weighted by atomic mass is 35.5. The highest BCUT2D eigenvalue weighted by molar-refractivity contribution is 7.98. The molecule has 0 fully saturated rings. The lowest BCUT2D eigenvalue weighted by Crippen LogP contribution is -2.36. The predicted octanol–water partition coefficient (Wildman–Crippen LogP) is 15.8. The molecule has 12 N–H and O–H groups in total. The van der Waals surface area contributed by atoms with Crippen molar-refractivity contribution in [2.45, 2.75) is 37.7 Å². The molecule has 0 heterocycles. The summed E-state index contributed by atoms with van der Waals surface area (Å²) >= 11 is 13.7. The Balaban J connectivity index is 0.000000186. The van der Waals surface area contributed by atoms with E-state index < -0.39 is 18.5 Å². The van der Waals surface area contributed by atoms with Crippen molar-refractivity contribution in [3.05, 3.63) is 286 Å². The summed E-state index contributed by atoms with van der Waals surface area (Å²) in [7, 11) is 1.29. The second-order valence-electron chi connectivity index (χ2n) is 21.4. The van der Waals surface area contributed by atoms with Crippen LogP contribution in [0.2, 0.25) is 10.0 Å². The molecule has 0 aliphatic heterocycles. The minimum Gasteiger partial charge on any atom is -0.494 e. The van der Waals surface area contributed by atoms with Crippen LogP contribution in [-0.2, 0) is 22.6 Å². The number of hydrogen-bond donors (Lipinski definition) is 8. The molecule has 0 radical (unpaired) electrons. The number of methoxy groups -OCH3 is 1. The van der Waals surface area contributed by atoms with E-state index >= 15 is 0 Å². The van der Waals surface area contributed by atoms with Crippen LogP contribution in [0.3, 0.4) is 0 Å². The van der Waals surface area contributed by atoms with Crippen molar-refractivity contribution in [2.24, 2.45) is 0 Å². The van der Waals surface area contributed by atoms with Crippen molar-refractivity contribution >= 4 is 116 Å². The number of unbranched alkanes of at least 4 members (excludes halogenated alkanes) is 1. The van der Waals surface area contributed by atoms with Gasteiger partial charge in [-0.3, -0.25) is 28.9 Å². The third-order valence-corrected chi connectivity index (χ3v) is 15.4. The molecule has 0 unspecified atom stereocenters. The second-order valence-corrected chi connectivity index (χ2v) is 23.1. The number of thioether (sulfide) groups is 1. The summed E-state index contributed by atoms with van der Waals surface area (Å²) in [6.45, 7) is 3.20. The zero-order valence-electron chi connectivity index (χ0n) is 53.9. The van der Waals surface area contributed by atoms with E-state index in [9.17, 15) is 28.8 Å². The Bertz CT molecular complexity index is 4260. The van der Waals surface area contributed by atoms with E-state index in [1.54, 1.807) is 158 Å². The molecule has 4 amide bonds. The van der Waals surface area contributed by atoms with Crippen molar-refractivity contribution < 1.29 is 52.8 Å². The minimum absolute atomic E-state index is 0.166. The van der Waals surface area contributed by atoms with Crippen LogP contribution in [0, 0.1) is 0 Å². The van der Waals surface area contributed by atoms with Gasteiger partial charge in [-0.05, 0) is 188 Å². The van der Waals surface area contributed by atoms with Gasteiger partial charge in [-0.2, -0.15) is 0 Å². The fraction of sp³-hybridized carbons (Fsp3) is 0.132. The fourth-order valence-electron chi connectivity index (χ4n) is 8.96. The highest BCUT2D eigenvalue weighted by Gasteiger charge is 2.23. The van der Waals surface area contributed by atoms with Crippen molar-refractivity contribution in [1.29, 1.82) is 0 Å². The van der Waals surface area contributed by atoms with Crippen molar-refractivity contribution in [3.8, 4) is 17.2 Å². The number of nitrogens with zero attached hydrogens (tertiary/aromatic N) is 1. The van der Waals surface area contributed by atoms with E-state index in [0.29, 0.717) is 127 Å². The van der Waals surface area contributed by atoms with E-state index in [4.69, 9.17) is 65.5 Å². The summed E-state index contributed by atoms with van der Waals surface area (Å²) in [5.74, 6) is -0.834. The molecule has 0 aliphatic carbocycles. The lowest BCUT2D eigenvalue weighted by Gasteiger charge is -2.22. The molecular weight excluding hydrogens is 1300 g/mol. The van der Waals surface area contributed by atoms with Crippen molar-refractivity contribution in [3.63, 3.8) is 0 Å². The van der Waals surface area contributed by atoms with Gasteiger partial charge in [-0.15, -0.1) is 11.8 Å². The van der Waals surface area contributed by atoms with Gasteiger partial charge >= 0.3 is 11.9 Å². The number of nitrogens with one attached hydrogen (secondary N) is 3. The largest absolute Gasteiger partial charge is 0.494 e. The SMILES string of the molecule is CCCCOc1cccc(C(=O)Nc2ccc(N)cc2)c1.COC(=O)c1cccc(C(=O)Nc2ccc(CCOc3c(Cl)cc(N)cc3Cl)cc2)c1.CSc1ccccc1C(=O)N(CC(=O)O)c1ccc(N)cc1.Nc1ccc(NC(=O)c2cccc(OCc3ccccc3)c2)cc1. The number of benzene rings is 10. The van der Waals surface area contributed by atoms with Crippen LogP contribution in [0.15, 0.2) is 241 Å². The fourth-order valence-corrected chi connectivity index (χ4v) is 10.2. The maximum absolute atomic E-state index is 12.8. The third kappa shape index (κ3) is 23.8. The van der Waals surface area contributed by atoms with Crippen LogP contribution < -0.4 is 58.0 Å². The maximum Gasteiger partial charge on any atom is 0.337 e. The van der Waals surface area contributed by atoms with Crippen molar-refractivity contribution in [1.82, 2.24) is 0 Å². The Morgan fingerprint density at radius 3 is 1.47 bits per heavy atom. The molecular formula is C76H74Cl2N8O11S. The minimum atomic E-state index is -1.08. The van der Waals surface area contributed by atoms with E-state index in [2.05, 4.69) is 27.6 Å². The number of amides is 4. The maximum atomic E-state index is 12.8. The first kappa shape index (κ1) is 74.0. The van der Waals surface area contributed by atoms with E-state index in [-0.39, 0.29) is 23.6 Å². The zero-order valence-corrected chi connectivity index (χ0v) is 56.2. The van der Waals surface area contributed by atoms with Gasteiger partial charge in [0.25, 0.3) is 23.6 Å². The summed E-state index contributed by atoms with van der Waals surface area (Å²) in [5.41, 5.74) is 31.8. The summed E-state index contributed by atoms with van der Waals surface area (Å²) < 4.78 is 21.7. The molecule has 0 aliphatic rings. The summed E-state index contributed by atoms with van der Waals surface area (Å²) in [6.07, 6.45) is 4.57. The number of carbonyl (C=O) groups is 6. The molecule has 19 nitrogen and oxygen atoms in total. The quantitative estimate of drug-likeness (QED) is 0.0128. The van der Waals surface area contributed by atoms with E-state index in [1.807, 2.05) is 79.1 Å². The van der Waals surface area contributed by atoms with Gasteiger partial charge in [0.15, 0.2) is 5.75 Å². The Labute approximate surface area is 583 Å². The van der Waals surface area contributed by atoms with Crippen LogP contribution >= 0.6 is 35.0 Å². The highest BCUT2D eigenvalue weighted by Crippen LogP contribution is 2.35. The average Bonchev–Trinajstić information content (AvgIpc) is 0.838. The first-order chi connectivity index (χ1) is 47.3. The first-order valence-electron chi connectivity index (χ1n) is 30.6. The topological polar surface area (TPSA) is 303 Å². The monoisotopic (exact) mass is 1380 g/mol. The molecule has 10 rings (SSSR count). The smallest absolute Gasteiger partial charge is 0.337 e. The molecule has 98 heavy (non-hydrogen) atoms. The zero-order chi connectivity index (χ0) is 70.3. The first-order valence-corrected chi connectivity index (χ1v) is 32.6. The predicted molar refractivity (Wildman–Crippen MR) is 392 cm³/mol. The molecule has 0 bridgehead atoms. The Kier molecular flexibility index (Phi) is 28.8. The number of nitrogen functional groups attached to an aromatic ring is 4. The van der Waals surface area contributed by atoms with Gasteiger partial charge in [-0.1, -0.05) is 109 Å². The Morgan fingerprint density at radius 1 is 0.490 bits per heavy atom. The molecule has 10 aromatic carbocycles. The molecule has 0 atom stereocenters. The number of esters is 1. The number of anilines is 8. The standard InChI is InChI=1S/C23H20Cl2N2O4.C20H18N2O2.C17H20N2O2.C16H16N2O3S/c1-30-23(29)16-4-2-3-15(11-16)22(28)27-18-7-5-14(6-8-18)9-10-31-21-19(24)12-17(26)13-20(21)25;21-17-9-11-18(12-10-17)22-20(23)16-7-4-8-19(13-16)24-14-15-5-2-1-3-6-15;1-2-3-11-21-16-6-4-5-13(12-16)17(20)19-15-9-7-14(18)8-10-15;1-22-14-5-3-2-4-13(14)16(21)18(10-15(19)20)12-8-6-11(17)7-9-12/h2-8,11-13H,9-10,26H2,1H3,(H,27,28);1-13H,14,21H2,(H,22,23);4-10,12H,2-3,11,18H2,1H3,(H,19,20);2-9H,10,17H2,1H3,(H,19,20). The third-order valence-electron chi connectivity index (χ3n) is 14.0. The van der Waals surface area contributed by atoms with Gasteiger partial charge in [0.2, 0.25) is 0 Å². The number of nitrogens with two attached hydrogens (primary N) is 4. The second kappa shape index (κ2) is 38.2. The number of hydrogen-bond acceptors (Lipinski definition) is 15. The van der Waals surface area contributed by atoms with Crippen LogP contribution in [0.25, 0.3) is 0 Å². The van der Waals surface area contributed by atoms with Gasteiger partial charge < -0.3 is 62.9 Å². The summed E-state index contributed by atoms with van der Waals surface area (Å²) in [5, 5.41) is 18.3. The summed E-state index contributed by atoms with van der Waals surface area (Å²) in [4.78, 5) is 74.5. The van der Waals surface area contributed by atoms with E-state index in [1.165, 1.54) is 29.8 Å². The number of halogens is 2. The molecule has 10 aromatic rings. The molecule has 504 valence electrons.